The molecule has 0 aromatic carbocycles. The van der Waals surface area contributed by atoms with Crippen LogP contribution in [0.25, 0.3) is 0 Å². The van der Waals surface area contributed by atoms with Gasteiger partial charge in [-0.25, -0.2) is 9.67 Å². The van der Waals surface area contributed by atoms with E-state index in [1.807, 2.05) is 0 Å². The number of aromatic nitrogens is 3. The van der Waals surface area contributed by atoms with Crippen molar-refractivity contribution in [2.45, 2.75) is 45.3 Å². The van der Waals surface area contributed by atoms with Gasteiger partial charge in [0.1, 0.15) is 30.7 Å². The molecule has 1 aliphatic rings. The summed E-state index contributed by atoms with van der Waals surface area (Å²) in [5, 5.41) is 32.8. The molecule has 1 saturated heterocycles. The van der Waals surface area contributed by atoms with Gasteiger partial charge in [-0.05, 0) is 20.8 Å². The quantitative estimate of drug-likeness (QED) is 0.699. The Labute approximate surface area is 146 Å². The lowest BCUT2D eigenvalue weighted by Crippen LogP contribution is -2.33. The van der Waals surface area contributed by atoms with Crippen molar-refractivity contribution in [1.29, 1.82) is 5.26 Å². The van der Waals surface area contributed by atoms with E-state index >= 15 is 0 Å². The van der Waals surface area contributed by atoms with Crippen LogP contribution in [0.5, 0.6) is 0 Å². The zero-order valence-electron chi connectivity index (χ0n) is 14.4. The fourth-order valence-electron chi connectivity index (χ4n) is 1.99. The second kappa shape index (κ2) is 7.72. The van der Waals surface area contributed by atoms with Gasteiger partial charge in [0, 0.05) is 6.66 Å². The maximum absolute atomic E-state index is 11.8. The molecule has 5 atom stereocenters. The summed E-state index contributed by atoms with van der Waals surface area (Å²) in [7, 11) is -1.50. The maximum atomic E-state index is 11.8. The third-order valence-electron chi connectivity index (χ3n) is 3.45. The molecule has 0 amide bonds. The number of nitriles is 1. The first kappa shape index (κ1) is 19.7. The molecule has 1 aliphatic heterocycles. The Morgan fingerprint density at radius 3 is 2.72 bits per heavy atom. The van der Waals surface area contributed by atoms with Gasteiger partial charge in [-0.1, -0.05) is 0 Å². The molecule has 1 aromatic rings. The molecule has 0 radical (unpaired) electrons. The summed E-state index contributed by atoms with van der Waals surface area (Å²) in [6, 6.07) is 1.77. The Kier molecular flexibility index (Phi) is 6.08. The number of rotatable bonds is 5. The van der Waals surface area contributed by atoms with Crippen LogP contribution in [-0.4, -0.2) is 62.5 Å². The van der Waals surface area contributed by atoms with Crippen LogP contribution in [-0.2, 0) is 18.6 Å². The van der Waals surface area contributed by atoms with Crippen molar-refractivity contribution in [3.8, 4) is 6.07 Å². The van der Waals surface area contributed by atoms with Gasteiger partial charge in [-0.3, -0.25) is 4.79 Å². The predicted octanol–water partition coefficient (Wildman–Crippen LogP) is 0.317. The molecule has 2 unspecified atom stereocenters. The Morgan fingerprint density at radius 2 is 2.16 bits per heavy atom. The number of hydrogen-bond donors (Lipinski definition) is 2. The van der Waals surface area contributed by atoms with E-state index in [2.05, 4.69) is 10.1 Å². The topological polar surface area (TPSA) is 140 Å². The molecule has 1 aromatic heterocycles. The molecule has 10 nitrogen and oxygen atoms in total. The molecule has 2 rings (SSSR count). The standard InChI is InChI=1S/C14H21N4O6P/c1-14(2,3)13(21)24-25(4)22-6-8-10(19)11(20)12(23-8)18-7-16-9(5-15)17-18/h7-8,10-12,19-20H,6H2,1-4H3/t8-,10-,11-,12?,25?/m1/s1. The van der Waals surface area contributed by atoms with E-state index in [9.17, 15) is 15.0 Å². The van der Waals surface area contributed by atoms with Crippen LogP contribution in [0.1, 0.15) is 32.8 Å². The normalized spacial score (nSPS) is 27.7. The summed E-state index contributed by atoms with van der Waals surface area (Å²) < 4.78 is 17.4. The van der Waals surface area contributed by atoms with Crippen LogP contribution in [0, 0.1) is 16.7 Å². The van der Waals surface area contributed by atoms with Gasteiger partial charge in [0.15, 0.2) is 6.23 Å². The highest BCUT2D eigenvalue weighted by Crippen LogP contribution is 2.38. The first-order valence-electron chi connectivity index (χ1n) is 7.55. The summed E-state index contributed by atoms with van der Waals surface area (Å²) in [6.07, 6.45) is -3.07. The largest absolute Gasteiger partial charge is 0.417 e. The summed E-state index contributed by atoms with van der Waals surface area (Å²) >= 11 is 0. The van der Waals surface area contributed by atoms with Crippen molar-refractivity contribution < 1.29 is 28.8 Å². The molecule has 25 heavy (non-hydrogen) atoms. The average Bonchev–Trinajstić information content (AvgIpc) is 3.11. The lowest BCUT2D eigenvalue weighted by Gasteiger charge is -2.21. The molecule has 0 spiro atoms. The second-order valence-corrected chi connectivity index (χ2v) is 7.89. The molecule has 1 fully saturated rings. The second-order valence-electron chi connectivity index (χ2n) is 6.57. The SMILES string of the molecule is CP(OC[C@H]1OC(n2cnc(C#N)n2)[C@H](O)[C@@H]1O)OC(=O)C(C)(C)C. The molecule has 2 N–H and O–H groups in total. The van der Waals surface area contributed by atoms with Crippen molar-refractivity contribution in [2.24, 2.45) is 5.41 Å². The van der Waals surface area contributed by atoms with E-state index in [1.165, 1.54) is 11.0 Å². The van der Waals surface area contributed by atoms with Gasteiger partial charge in [0.2, 0.25) is 8.38 Å². The lowest BCUT2D eigenvalue weighted by atomic mass is 9.98. The van der Waals surface area contributed by atoms with E-state index in [0.29, 0.717) is 0 Å². The van der Waals surface area contributed by atoms with Gasteiger partial charge >= 0.3 is 5.97 Å². The van der Waals surface area contributed by atoms with E-state index in [-0.39, 0.29) is 12.4 Å². The summed E-state index contributed by atoms with van der Waals surface area (Å²) in [5.74, 6) is -0.463. The number of aliphatic hydroxyl groups excluding tert-OH is 2. The predicted molar refractivity (Wildman–Crippen MR) is 85.0 cm³/mol. The monoisotopic (exact) mass is 372 g/mol. The van der Waals surface area contributed by atoms with Gasteiger partial charge in [0.25, 0.3) is 5.82 Å². The van der Waals surface area contributed by atoms with Crippen molar-refractivity contribution in [1.82, 2.24) is 14.8 Å². The molecule has 11 heteroatoms. The minimum atomic E-state index is -1.50. The van der Waals surface area contributed by atoms with Crippen molar-refractivity contribution in [2.75, 3.05) is 13.3 Å². The van der Waals surface area contributed by atoms with Crippen molar-refractivity contribution in [3.63, 3.8) is 0 Å². The fraction of sp³-hybridized carbons (Fsp3) is 0.714. The van der Waals surface area contributed by atoms with Gasteiger partial charge in [-0.15, -0.1) is 5.10 Å². The molecule has 0 aliphatic carbocycles. The first-order valence-corrected chi connectivity index (χ1v) is 9.18. The highest BCUT2D eigenvalue weighted by Gasteiger charge is 2.44. The molecular weight excluding hydrogens is 351 g/mol. The number of carbonyl (C=O) groups is 1. The molecule has 0 saturated carbocycles. The van der Waals surface area contributed by atoms with Crippen LogP contribution in [0.15, 0.2) is 6.33 Å². The number of carbonyl (C=O) groups excluding carboxylic acids is 1. The fourth-order valence-corrected chi connectivity index (χ4v) is 2.91. The lowest BCUT2D eigenvalue weighted by molar-refractivity contribution is -0.143. The van der Waals surface area contributed by atoms with E-state index in [4.69, 9.17) is 19.0 Å². The van der Waals surface area contributed by atoms with E-state index < -0.39 is 44.3 Å². The van der Waals surface area contributed by atoms with E-state index in [0.717, 1.165) is 0 Å². The highest BCUT2D eigenvalue weighted by molar-refractivity contribution is 7.46. The Bertz CT molecular complexity index is 654. The Balaban J connectivity index is 1.91. The van der Waals surface area contributed by atoms with Crippen LogP contribution < -0.4 is 0 Å². The number of nitrogens with zero attached hydrogens (tertiary/aromatic N) is 4. The average molecular weight is 372 g/mol. The highest BCUT2D eigenvalue weighted by atomic mass is 31.2. The van der Waals surface area contributed by atoms with Crippen molar-refractivity contribution in [3.05, 3.63) is 12.2 Å². The van der Waals surface area contributed by atoms with Gasteiger partial charge in [0.05, 0.1) is 12.0 Å². The first-order chi connectivity index (χ1) is 11.6. The minimum Gasteiger partial charge on any atom is -0.417 e. The third-order valence-corrected chi connectivity index (χ3v) is 4.39. The number of ether oxygens (including phenoxy) is 1. The minimum absolute atomic E-state index is 0.0730. The third kappa shape index (κ3) is 4.71. The van der Waals surface area contributed by atoms with Gasteiger partial charge in [-0.2, -0.15) is 5.26 Å². The molecule has 138 valence electrons. The van der Waals surface area contributed by atoms with Gasteiger partial charge < -0.3 is 24.0 Å². The van der Waals surface area contributed by atoms with Crippen LogP contribution in [0.2, 0.25) is 0 Å². The Hall–Kier alpha value is -1.63. The maximum Gasteiger partial charge on any atom is 0.315 e. The molecular formula is C14H21N4O6P. The summed E-state index contributed by atoms with van der Waals surface area (Å²) in [5.41, 5.74) is -0.643. The molecule has 0 bridgehead atoms. The molecule has 2 heterocycles. The summed E-state index contributed by atoms with van der Waals surface area (Å²) in [4.78, 5) is 15.5. The van der Waals surface area contributed by atoms with Crippen LogP contribution in [0.3, 0.4) is 0 Å². The van der Waals surface area contributed by atoms with Crippen molar-refractivity contribution >= 4 is 14.3 Å². The number of aliphatic hydroxyl groups is 2. The van der Waals surface area contributed by atoms with Crippen LogP contribution in [0.4, 0.5) is 0 Å². The smallest absolute Gasteiger partial charge is 0.315 e. The Morgan fingerprint density at radius 1 is 1.48 bits per heavy atom. The summed E-state index contributed by atoms with van der Waals surface area (Å²) in [6.45, 7) is 6.74. The van der Waals surface area contributed by atoms with E-state index in [1.54, 1.807) is 33.5 Å². The van der Waals surface area contributed by atoms with Crippen LogP contribution >= 0.6 is 8.38 Å². The number of hydrogen-bond acceptors (Lipinski definition) is 9. The zero-order valence-corrected chi connectivity index (χ0v) is 15.3. The zero-order chi connectivity index (χ0) is 18.8.